The van der Waals surface area contributed by atoms with Gasteiger partial charge in [-0.25, -0.2) is 4.98 Å². The number of hydrogen-bond donors (Lipinski definition) is 0. The molecule has 0 N–H and O–H groups in total. The lowest BCUT2D eigenvalue weighted by Crippen LogP contribution is -2.00. The summed E-state index contributed by atoms with van der Waals surface area (Å²) < 4.78 is 1.87. The first-order chi connectivity index (χ1) is 9.65. The van der Waals surface area contributed by atoms with Crippen LogP contribution in [0.3, 0.4) is 0 Å². The van der Waals surface area contributed by atoms with E-state index in [0.29, 0.717) is 11.8 Å². The fraction of sp³-hybridized carbons (Fsp3) is 0.0714. The third-order valence-electron chi connectivity index (χ3n) is 3.10. The molecule has 0 amide bonds. The molecule has 3 aromatic rings. The van der Waals surface area contributed by atoms with Crippen molar-refractivity contribution in [3.8, 4) is 0 Å². The summed E-state index contributed by atoms with van der Waals surface area (Å²) in [6.07, 6.45) is 0. The van der Waals surface area contributed by atoms with E-state index in [0.717, 1.165) is 16.6 Å². The van der Waals surface area contributed by atoms with Crippen LogP contribution in [-0.2, 0) is 6.54 Å². The number of nitrogens with zero attached hydrogens (tertiary/aromatic N) is 3. The summed E-state index contributed by atoms with van der Waals surface area (Å²) in [5, 5.41) is 11.0. The van der Waals surface area contributed by atoms with Crippen molar-refractivity contribution in [2.75, 3.05) is 0 Å². The largest absolute Gasteiger partial charge is 0.310 e. The van der Waals surface area contributed by atoms with Crippen molar-refractivity contribution in [3.63, 3.8) is 0 Å². The highest BCUT2D eigenvalue weighted by Gasteiger charge is 2.10. The first-order valence-corrected chi connectivity index (χ1v) is 6.37. The summed E-state index contributed by atoms with van der Waals surface area (Å²) in [5.74, 6) is 0. The SMILES string of the molecule is O=[N+]([O-])c1ccc(Cn2c(Cl)nc3ccccc32)cc1. The number of nitro benzene ring substituents is 1. The Hall–Kier alpha value is -2.40. The van der Waals surface area contributed by atoms with Gasteiger partial charge in [0.05, 0.1) is 22.5 Å². The smallest absolute Gasteiger partial charge is 0.269 e. The van der Waals surface area contributed by atoms with Crippen LogP contribution < -0.4 is 0 Å². The predicted molar refractivity (Wildman–Crippen MR) is 76.9 cm³/mol. The second-order valence-corrected chi connectivity index (χ2v) is 4.72. The Balaban J connectivity index is 1.96. The summed E-state index contributed by atoms with van der Waals surface area (Å²) in [6, 6.07) is 14.1. The van der Waals surface area contributed by atoms with Crippen LogP contribution >= 0.6 is 11.6 Å². The van der Waals surface area contributed by atoms with Gasteiger partial charge in [-0.05, 0) is 29.3 Å². The highest BCUT2D eigenvalue weighted by Crippen LogP contribution is 2.21. The van der Waals surface area contributed by atoms with Gasteiger partial charge in [-0.3, -0.25) is 10.1 Å². The van der Waals surface area contributed by atoms with Gasteiger partial charge in [0.2, 0.25) is 5.28 Å². The van der Waals surface area contributed by atoms with Crippen molar-refractivity contribution in [1.82, 2.24) is 9.55 Å². The molecule has 0 spiro atoms. The minimum atomic E-state index is -0.413. The number of aromatic nitrogens is 2. The molecule has 0 bridgehead atoms. The van der Waals surface area contributed by atoms with E-state index in [9.17, 15) is 10.1 Å². The molecule has 0 unspecified atom stereocenters. The molecule has 1 aromatic heterocycles. The van der Waals surface area contributed by atoms with Gasteiger partial charge in [-0.2, -0.15) is 0 Å². The van der Waals surface area contributed by atoms with Gasteiger partial charge in [-0.15, -0.1) is 0 Å². The fourth-order valence-electron chi connectivity index (χ4n) is 2.10. The molecule has 0 saturated carbocycles. The molecule has 0 aliphatic carbocycles. The standard InChI is InChI=1S/C14H10ClN3O2/c15-14-16-12-3-1-2-4-13(12)17(14)9-10-5-7-11(8-6-10)18(19)20/h1-8H,9H2. The Bertz CT molecular complexity index is 781. The van der Waals surface area contributed by atoms with Crippen LogP contribution in [0.4, 0.5) is 5.69 Å². The number of imidazole rings is 1. The van der Waals surface area contributed by atoms with Crippen molar-refractivity contribution in [1.29, 1.82) is 0 Å². The first-order valence-electron chi connectivity index (χ1n) is 5.99. The van der Waals surface area contributed by atoms with Gasteiger partial charge in [-0.1, -0.05) is 24.3 Å². The Labute approximate surface area is 119 Å². The average molecular weight is 288 g/mol. The fourth-order valence-corrected chi connectivity index (χ4v) is 2.34. The zero-order valence-corrected chi connectivity index (χ0v) is 11.1. The van der Waals surface area contributed by atoms with E-state index in [1.807, 2.05) is 28.8 Å². The Kier molecular flexibility index (Phi) is 3.12. The third-order valence-corrected chi connectivity index (χ3v) is 3.38. The molecule has 0 aliphatic rings. The molecule has 0 radical (unpaired) electrons. The maximum Gasteiger partial charge on any atom is 0.269 e. The lowest BCUT2D eigenvalue weighted by Gasteiger charge is -2.05. The molecule has 6 heteroatoms. The minimum absolute atomic E-state index is 0.0790. The maximum atomic E-state index is 10.6. The number of para-hydroxylation sites is 2. The van der Waals surface area contributed by atoms with E-state index in [2.05, 4.69) is 4.98 Å². The van der Waals surface area contributed by atoms with Crippen LogP contribution in [0.15, 0.2) is 48.5 Å². The molecule has 3 rings (SSSR count). The van der Waals surface area contributed by atoms with Crippen molar-refractivity contribution in [3.05, 3.63) is 69.5 Å². The van der Waals surface area contributed by atoms with Crippen molar-refractivity contribution < 1.29 is 4.92 Å². The number of nitro groups is 1. The number of halogens is 1. The highest BCUT2D eigenvalue weighted by molar-refractivity contribution is 6.29. The lowest BCUT2D eigenvalue weighted by atomic mass is 10.2. The van der Waals surface area contributed by atoms with E-state index in [-0.39, 0.29) is 5.69 Å². The maximum absolute atomic E-state index is 10.6. The molecular weight excluding hydrogens is 278 g/mol. The topological polar surface area (TPSA) is 61.0 Å². The molecule has 0 atom stereocenters. The number of non-ortho nitro benzene ring substituents is 1. The summed E-state index contributed by atoms with van der Waals surface area (Å²) in [7, 11) is 0. The van der Waals surface area contributed by atoms with Crippen LogP contribution in [0.5, 0.6) is 0 Å². The molecular formula is C14H10ClN3O2. The summed E-state index contributed by atoms with van der Waals surface area (Å²) in [4.78, 5) is 14.5. The van der Waals surface area contributed by atoms with Crippen molar-refractivity contribution in [2.24, 2.45) is 0 Å². The average Bonchev–Trinajstić information content (AvgIpc) is 2.76. The van der Waals surface area contributed by atoms with Crippen molar-refractivity contribution >= 4 is 28.3 Å². The molecule has 0 aliphatic heterocycles. The molecule has 2 aromatic carbocycles. The van der Waals surface area contributed by atoms with Gasteiger partial charge < -0.3 is 4.57 Å². The lowest BCUT2D eigenvalue weighted by molar-refractivity contribution is -0.384. The third kappa shape index (κ3) is 2.23. The summed E-state index contributed by atoms with van der Waals surface area (Å²) in [5.41, 5.74) is 2.78. The summed E-state index contributed by atoms with van der Waals surface area (Å²) >= 11 is 6.14. The second-order valence-electron chi connectivity index (χ2n) is 4.38. The quantitative estimate of drug-likeness (QED) is 0.546. The predicted octanol–water partition coefficient (Wildman–Crippen LogP) is 3.65. The van der Waals surface area contributed by atoms with E-state index < -0.39 is 4.92 Å². The number of rotatable bonds is 3. The van der Waals surface area contributed by atoms with E-state index in [1.165, 1.54) is 12.1 Å². The molecule has 0 fully saturated rings. The van der Waals surface area contributed by atoms with Gasteiger partial charge in [0.1, 0.15) is 0 Å². The number of fused-ring (bicyclic) bond motifs is 1. The Morgan fingerprint density at radius 1 is 1.15 bits per heavy atom. The molecule has 5 nitrogen and oxygen atoms in total. The Morgan fingerprint density at radius 2 is 1.85 bits per heavy atom. The second kappa shape index (κ2) is 4.94. The Morgan fingerprint density at radius 3 is 2.55 bits per heavy atom. The normalized spacial score (nSPS) is 10.8. The number of benzene rings is 2. The van der Waals surface area contributed by atoms with Crippen LogP contribution in [0.1, 0.15) is 5.56 Å². The van der Waals surface area contributed by atoms with Gasteiger partial charge in [0.25, 0.3) is 5.69 Å². The van der Waals surface area contributed by atoms with E-state index in [1.54, 1.807) is 12.1 Å². The molecule has 1 heterocycles. The van der Waals surface area contributed by atoms with Crippen molar-refractivity contribution in [2.45, 2.75) is 6.54 Å². The number of hydrogen-bond acceptors (Lipinski definition) is 3. The highest BCUT2D eigenvalue weighted by atomic mass is 35.5. The van der Waals surface area contributed by atoms with E-state index >= 15 is 0 Å². The minimum Gasteiger partial charge on any atom is -0.310 e. The van der Waals surface area contributed by atoms with Crippen LogP contribution in [0.25, 0.3) is 11.0 Å². The monoisotopic (exact) mass is 287 g/mol. The zero-order valence-electron chi connectivity index (χ0n) is 10.4. The van der Waals surface area contributed by atoms with Crippen LogP contribution in [-0.4, -0.2) is 14.5 Å². The van der Waals surface area contributed by atoms with Gasteiger partial charge in [0.15, 0.2) is 0 Å². The molecule has 0 saturated heterocycles. The summed E-state index contributed by atoms with van der Waals surface area (Å²) in [6.45, 7) is 0.525. The van der Waals surface area contributed by atoms with E-state index in [4.69, 9.17) is 11.6 Å². The zero-order chi connectivity index (χ0) is 14.1. The molecule has 100 valence electrons. The molecule has 20 heavy (non-hydrogen) atoms. The van der Waals surface area contributed by atoms with Gasteiger partial charge >= 0.3 is 0 Å². The first kappa shape index (κ1) is 12.6. The van der Waals surface area contributed by atoms with Crippen LogP contribution in [0.2, 0.25) is 5.28 Å². The van der Waals surface area contributed by atoms with Gasteiger partial charge in [0, 0.05) is 12.1 Å². The van der Waals surface area contributed by atoms with Crippen LogP contribution in [0, 0.1) is 10.1 Å².